The minimum atomic E-state index is -0.801. The molecule has 0 unspecified atom stereocenters. The van der Waals surface area contributed by atoms with Crippen molar-refractivity contribution in [1.82, 2.24) is 0 Å². The molecule has 2 aromatic rings. The summed E-state index contributed by atoms with van der Waals surface area (Å²) in [6.07, 6.45) is 0. The summed E-state index contributed by atoms with van der Waals surface area (Å²) < 4.78 is 37.6. The summed E-state index contributed by atoms with van der Waals surface area (Å²) in [5.74, 6) is -1.12. The van der Waals surface area contributed by atoms with Gasteiger partial charge < -0.3 is 38.6 Å². The van der Waals surface area contributed by atoms with Crippen LogP contribution in [0.25, 0.3) is 0 Å². The Morgan fingerprint density at radius 2 is 0.630 bits per heavy atom. The quantitative estimate of drug-likeness (QED) is 0.271. The van der Waals surface area contributed by atoms with Crippen LogP contribution in [0.4, 0.5) is 0 Å². The van der Waals surface area contributed by atoms with Crippen molar-refractivity contribution >= 4 is 5.78 Å². The average Bonchev–Trinajstić information content (AvgIpc) is 2.77. The number of rotatable bonds is 8. The molecule has 0 aromatic heterocycles. The molecule has 0 heterocycles. The molecule has 0 spiro atoms. The van der Waals surface area contributed by atoms with Gasteiger partial charge in [-0.2, -0.15) is 0 Å². The molecule has 46 heavy (non-hydrogen) atoms. The van der Waals surface area contributed by atoms with Gasteiger partial charge in [0.15, 0.2) is 23.0 Å². The summed E-state index contributed by atoms with van der Waals surface area (Å²) in [7, 11) is 0. The molecule has 0 atom stereocenters. The monoisotopic (exact) mass is 646 g/mol. The Kier molecular flexibility index (Phi) is 10.6. The Hall–Kier alpha value is -3.49. The summed E-state index contributed by atoms with van der Waals surface area (Å²) in [5.41, 5.74) is -4.55. The lowest BCUT2D eigenvalue weighted by Gasteiger charge is -2.32. The zero-order valence-electron chi connectivity index (χ0n) is 31.4. The van der Waals surface area contributed by atoms with E-state index in [1.165, 1.54) is 12.1 Å². The van der Waals surface area contributed by atoms with Crippen LogP contribution in [0, 0.1) is 0 Å². The third-order valence-corrected chi connectivity index (χ3v) is 5.30. The van der Waals surface area contributed by atoms with Gasteiger partial charge in [0.25, 0.3) is 0 Å². The third kappa shape index (κ3) is 11.4. The summed E-state index contributed by atoms with van der Waals surface area (Å²) in [6, 6.07) is 2.89. The zero-order valence-corrected chi connectivity index (χ0v) is 31.4. The maximum Gasteiger partial charge on any atom is 0.208 e. The van der Waals surface area contributed by atoms with Crippen molar-refractivity contribution in [3.63, 3.8) is 0 Å². The highest BCUT2D eigenvalue weighted by Crippen LogP contribution is 2.53. The van der Waals surface area contributed by atoms with Gasteiger partial charge >= 0.3 is 0 Å². The van der Waals surface area contributed by atoms with E-state index >= 15 is 4.79 Å². The molecular weight excluding hydrogens is 588 g/mol. The second-order valence-electron chi connectivity index (χ2n) is 17.5. The molecule has 0 saturated heterocycles. The Morgan fingerprint density at radius 3 is 0.848 bits per heavy atom. The van der Waals surface area contributed by atoms with E-state index in [1.54, 1.807) is 0 Å². The number of carbonyl (C=O) groups is 1. The number of hydrogen-bond donors (Lipinski definition) is 2. The van der Waals surface area contributed by atoms with E-state index in [2.05, 4.69) is 0 Å². The fourth-order valence-corrected chi connectivity index (χ4v) is 4.13. The van der Waals surface area contributed by atoms with Crippen molar-refractivity contribution < 1.29 is 43.4 Å². The van der Waals surface area contributed by atoms with Crippen LogP contribution in [-0.4, -0.2) is 49.6 Å². The summed E-state index contributed by atoms with van der Waals surface area (Å²) in [6.45, 7) is 32.9. The molecule has 9 heteroatoms. The van der Waals surface area contributed by atoms with E-state index in [0.717, 1.165) is 0 Å². The molecule has 0 aliphatic heterocycles. The first-order valence-electron chi connectivity index (χ1n) is 15.8. The first-order valence-corrected chi connectivity index (χ1v) is 15.8. The summed E-state index contributed by atoms with van der Waals surface area (Å²) in [5, 5.41) is 23.0. The minimum Gasteiger partial charge on any atom is -0.502 e. The second kappa shape index (κ2) is 12.6. The van der Waals surface area contributed by atoms with Crippen LogP contribution in [0.3, 0.4) is 0 Å². The van der Waals surface area contributed by atoms with Gasteiger partial charge in [-0.3, -0.25) is 4.79 Å². The van der Waals surface area contributed by atoms with E-state index < -0.39 is 39.4 Å². The molecule has 2 rings (SSSR count). The molecule has 2 N–H and O–H groups in total. The first kappa shape index (κ1) is 38.7. The lowest BCUT2D eigenvalue weighted by molar-refractivity contribution is 0.0809. The molecule has 0 aliphatic rings. The van der Waals surface area contributed by atoms with Crippen LogP contribution in [0.2, 0.25) is 0 Å². The summed E-state index contributed by atoms with van der Waals surface area (Å²) >= 11 is 0. The number of phenolic OH excluding ortho intramolecular Hbond substituents is 2. The molecule has 0 bridgehead atoms. The van der Waals surface area contributed by atoms with Gasteiger partial charge in [-0.15, -0.1) is 0 Å². The normalized spacial score (nSPS) is 13.3. The van der Waals surface area contributed by atoms with E-state index in [9.17, 15) is 10.2 Å². The van der Waals surface area contributed by atoms with Gasteiger partial charge in [-0.05, 0) is 137 Å². The van der Waals surface area contributed by atoms with Crippen molar-refractivity contribution in [2.75, 3.05) is 0 Å². The predicted octanol–water partition coefficient (Wildman–Crippen LogP) is 9.39. The largest absolute Gasteiger partial charge is 0.502 e. The number of benzene rings is 2. The lowest BCUT2D eigenvalue weighted by Crippen LogP contribution is -2.29. The van der Waals surface area contributed by atoms with Crippen LogP contribution >= 0.6 is 0 Å². The molecular formula is C37H58O9. The van der Waals surface area contributed by atoms with Crippen molar-refractivity contribution in [2.24, 2.45) is 0 Å². The minimum absolute atomic E-state index is 0.0255. The molecule has 9 nitrogen and oxygen atoms in total. The van der Waals surface area contributed by atoms with Crippen molar-refractivity contribution in [3.05, 3.63) is 23.3 Å². The fraction of sp³-hybridized carbons (Fsp3) is 0.649. The highest BCUT2D eigenvalue weighted by molar-refractivity contribution is 6.14. The number of carbonyl (C=O) groups excluding carboxylic acids is 1. The maximum atomic E-state index is 15.0. The second-order valence-corrected chi connectivity index (χ2v) is 17.5. The Balaban J connectivity index is 3.21. The van der Waals surface area contributed by atoms with Gasteiger partial charge in [-0.1, -0.05) is 0 Å². The Bertz CT molecular complexity index is 1310. The van der Waals surface area contributed by atoms with Crippen LogP contribution in [0.5, 0.6) is 46.0 Å². The van der Waals surface area contributed by atoms with Crippen molar-refractivity contribution in [3.8, 4) is 46.0 Å². The standard InChI is InChI=1S/C37H58O9/c1-32(2,3)41-23-19-21(28(43-34(7,8)9)30(26(23)39)45-36(13,14)15)25(38)22-20-24(42-33(4,5)6)27(40)31(46-37(16,17)18)29(22)44-35(10,11)12/h19-20,39-40H,1-18H3. The van der Waals surface area contributed by atoms with E-state index in [-0.39, 0.29) is 57.1 Å². The number of ether oxygens (including phenoxy) is 6. The molecule has 0 saturated carbocycles. The highest BCUT2D eigenvalue weighted by Gasteiger charge is 2.37. The third-order valence-electron chi connectivity index (χ3n) is 5.30. The smallest absolute Gasteiger partial charge is 0.208 e. The molecule has 0 aliphatic carbocycles. The predicted molar refractivity (Wildman–Crippen MR) is 182 cm³/mol. The molecule has 0 fully saturated rings. The topological polar surface area (TPSA) is 113 Å². The van der Waals surface area contributed by atoms with Gasteiger partial charge in [-0.25, -0.2) is 0 Å². The van der Waals surface area contributed by atoms with Crippen LogP contribution < -0.4 is 28.4 Å². The molecule has 0 amide bonds. The van der Waals surface area contributed by atoms with Gasteiger partial charge in [0.2, 0.25) is 28.8 Å². The molecule has 260 valence electrons. The van der Waals surface area contributed by atoms with E-state index in [0.29, 0.717) is 0 Å². The van der Waals surface area contributed by atoms with Crippen LogP contribution in [-0.2, 0) is 0 Å². The first-order chi connectivity index (χ1) is 20.3. The van der Waals surface area contributed by atoms with Crippen molar-refractivity contribution in [1.29, 1.82) is 0 Å². The lowest BCUT2D eigenvalue weighted by atomic mass is 9.97. The van der Waals surface area contributed by atoms with E-state index in [4.69, 9.17) is 28.4 Å². The highest BCUT2D eigenvalue weighted by atomic mass is 16.6. The maximum absolute atomic E-state index is 15.0. The fourth-order valence-electron chi connectivity index (χ4n) is 4.13. The van der Waals surface area contributed by atoms with Gasteiger partial charge in [0.05, 0.1) is 11.1 Å². The SMILES string of the molecule is CC(C)(C)Oc1cc(C(=O)c2cc(OC(C)(C)C)c(O)c(OC(C)(C)C)c2OC(C)(C)C)c(OC(C)(C)C)c(OC(C)(C)C)c1O. The van der Waals surface area contributed by atoms with E-state index in [1.807, 2.05) is 125 Å². The molecule has 2 aromatic carbocycles. The number of phenols is 2. The molecule has 0 radical (unpaired) electrons. The van der Waals surface area contributed by atoms with Crippen LogP contribution in [0.1, 0.15) is 141 Å². The Morgan fingerprint density at radius 1 is 0.413 bits per heavy atom. The van der Waals surface area contributed by atoms with Gasteiger partial charge in [0.1, 0.15) is 33.6 Å². The number of hydrogen-bond acceptors (Lipinski definition) is 9. The average molecular weight is 647 g/mol. The van der Waals surface area contributed by atoms with Crippen LogP contribution in [0.15, 0.2) is 12.1 Å². The zero-order chi connectivity index (χ0) is 36.0. The summed E-state index contributed by atoms with van der Waals surface area (Å²) in [4.78, 5) is 15.0. The van der Waals surface area contributed by atoms with Gasteiger partial charge in [0, 0.05) is 0 Å². The Labute approximate surface area is 276 Å². The number of ketones is 1. The van der Waals surface area contributed by atoms with Crippen molar-refractivity contribution in [2.45, 2.75) is 158 Å². The number of aromatic hydroxyl groups is 2.